The number of hydrogen-bond donors (Lipinski definition) is 1. The molecule has 1 N–H and O–H groups in total. The van der Waals surface area contributed by atoms with Gasteiger partial charge in [-0.15, -0.1) is 21.5 Å². The van der Waals surface area contributed by atoms with Crippen LogP contribution in [-0.2, 0) is 11.2 Å². The molecule has 0 bridgehead atoms. The molecule has 2 heterocycles. The van der Waals surface area contributed by atoms with Crippen LogP contribution in [0.25, 0.3) is 16.8 Å². The first-order valence-electron chi connectivity index (χ1n) is 8.52. The van der Waals surface area contributed by atoms with Gasteiger partial charge >= 0.3 is 0 Å². The number of methoxy groups -OCH3 is 1. The van der Waals surface area contributed by atoms with Crippen LogP contribution in [0.2, 0.25) is 0 Å². The van der Waals surface area contributed by atoms with Gasteiger partial charge in [0.25, 0.3) is 0 Å². The smallest absolute Gasteiger partial charge is 0.186 e. The van der Waals surface area contributed by atoms with Crippen LogP contribution < -0.4 is 4.74 Å². The molecular formula is C20H17N3O2S2. The molecule has 0 amide bonds. The van der Waals surface area contributed by atoms with Crippen molar-refractivity contribution in [3.05, 3.63) is 56.9 Å². The number of nitrogens with one attached hydrogen (secondary N) is 1. The topological polar surface area (TPSA) is 75.9 Å². The number of carbonyl (C=O) groups excluding carboxylic acids is 1. The SMILES string of the molecule is CCc1nnc(C2C(=N)SC(=Cc3ccc(OC)c4ccccc34)C2=O)s1. The third-order valence-electron chi connectivity index (χ3n) is 4.44. The zero-order valence-electron chi connectivity index (χ0n) is 14.9. The zero-order valence-corrected chi connectivity index (χ0v) is 16.5. The molecule has 1 atom stereocenters. The third-order valence-corrected chi connectivity index (χ3v) is 6.57. The van der Waals surface area contributed by atoms with Gasteiger partial charge in [-0.2, -0.15) is 0 Å². The number of thioether (sulfide) groups is 1. The van der Waals surface area contributed by atoms with E-state index in [-0.39, 0.29) is 5.78 Å². The van der Waals surface area contributed by atoms with Crippen molar-refractivity contribution in [2.45, 2.75) is 19.3 Å². The number of fused-ring (bicyclic) bond motifs is 1. The van der Waals surface area contributed by atoms with Crippen LogP contribution in [0.15, 0.2) is 41.3 Å². The molecule has 1 aromatic heterocycles. The lowest BCUT2D eigenvalue weighted by molar-refractivity contribution is -0.114. The van der Waals surface area contributed by atoms with Gasteiger partial charge in [-0.05, 0) is 29.5 Å². The fourth-order valence-corrected chi connectivity index (χ4v) is 5.02. The summed E-state index contributed by atoms with van der Waals surface area (Å²) in [6, 6.07) is 11.8. The van der Waals surface area contributed by atoms with Crippen molar-refractivity contribution in [3.63, 3.8) is 0 Å². The highest BCUT2D eigenvalue weighted by molar-refractivity contribution is 8.19. The zero-order chi connectivity index (χ0) is 19.0. The van der Waals surface area contributed by atoms with E-state index in [0.717, 1.165) is 33.5 Å². The summed E-state index contributed by atoms with van der Waals surface area (Å²) in [4.78, 5) is 13.5. The van der Waals surface area contributed by atoms with E-state index in [9.17, 15) is 4.79 Å². The number of aromatic nitrogens is 2. The number of ether oxygens (including phenoxy) is 1. The lowest BCUT2D eigenvalue weighted by Gasteiger charge is -2.08. The number of rotatable bonds is 4. The maximum Gasteiger partial charge on any atom is 0.186 e. The molecule has 1 saturated heterocycles. The van der Waals surface area contributed by atoms with Crippen LogP contribution in [0.5, 0.6) is 5.75 Å². The number of allylic oxidation sites excluding steroid dienone is 1. The van der Waals surface area contributed by atoms with Crippen molar-refractivity contribution < 1.29 is 9.53 Å². The number of Topliss-reactive ketones (excluding diaryl/α,β-unsaturated/α-hetero) is 1. The van der Waals surface area contributed by atoms with Gasteiger partial charge in [-0.25, -0.2) is 0 Å². The highest BCUT2D eigenvalue weighted by Crippen LogP contribution is 2.42. The quantitative estimate of drug-likeness (QED) is 0.649. The van der Waals surface area contributed by atoms with Gasteiger partial charge in [0.1, 0.15) is 21.7 Å². The highest BCUT2D eigenvalue weighted by Gasteiger charge is 2.39. The first-order valence-corrected chi connectivity index (χ1v) is 10.2. The Hall–Kier alpha value is -2.51. The average molecular weight is 396 g/mol. The molecule has 27 heavy (non-hydrogen) atoms. The third kappa shape index (κ3) is 3.17. The Bertz CT molecular complexity index is 1090. The molecule has 3 aromatic rings. The Labute approximate surface area is 165 Å². The second kappa shape index (κ2) is 7.25. The van der Waals surface area contributed by atoms with E-state index < -0.39 is 5.92 Å². The Kier molecular flexibility index (Phi) is 4.80. The fraction of sp³-hybridized carbons (Fsp3) is 0.200. The van der Waals surface area contributed by atoms with Gasteiger partial charge in [0.05, 0.1) is 17.1 Å². The number of benzene rings is 2. The Morgan fingerprint density at radius 3 is 2.67 bits per heavy atom. The average Bonchev–Trinajstić information content (AvgIpc) is 3.26. The number of aryl methyl sites for hydroxylation is 1. The summed E-state index contributed by atoms with van der Waals surface area (Å²) >= 11 is 2.62. The summed E-state index contributed by atoms with van der Waals surface area (Å²) < 4.78 is 5.44. The van der Waals surface area contributed by atoms with E-state index in [0.29, 0.717) is 15.0 Å². The lowest BCUT2D eigenvalue weighted by Crippen LogP contribution is -2.11. The Balaban J connectivity index is 1.74. The summed E-state index contributed by atoms with van der Waals surface area (Å²) in [6.45, 7) is 2.00. The summed E-state index contributed by atoms with van der Waals surface area (Å²) in [5, 5.41) is 20.3. The van der Waals surface area contributed by atoms with Gasteiger partial charge in [-0.3, -0.25) is 10.2 Å². The van der Waals surface area contributed by atoms with E-state index in [1.807, 2.05) is 49.4 Å². The van der Waals surface area contributed by atoms with Gasteiger partial charge in [0, 0.05) is 5.39 Å². The van der Waals surface area contributed by atoms with Gasteiger partial charge < -0.3 is 4.74 Å². The van der Waals surface area contributed by atoms with E-state index in [1.165, 1.54) is 23.1 Å². The van der Waals surface area contributed by atoms with Crippen LogP contribution in [0.4, 0.5) is 0 Å². The van der Waals surface area contributed by atoms with E-state index >= 15 is 0 Å². The molecule has 0 radical (unpaired) electrons. The maximum atomic E-state index is 13.0. The molecule has 7 heteroatoms. The van der Waals surface area contributed by atoms with Crippen LogP contribution in [0.1, 0.15) is 28.4 Å². The summed E-state index contributed by atoms with van der Waals surface area (Å²) in [5.74, 6) is 0.0944. The van der Waals surface area contributed by atoms with Crippen molar-refractivity contribution >= 4 is 50.8 Å². The molecule has 1 fully saturated rings. The molecule has 0 saturated carbocycles. The fourth-order valence-electron chi connectivity index (χ4n) is 3.08. The number of ketones is 1. The minimum absolute atomic E-state index is 0.0799. The standard InChI is InChI=1S/C20H17N3O2S2/c1-3-16-22-23-20(27-16)17-18(24)15(26-19(17)21)10-11-8-9-14(25-2)13-7-5-4-6-12(11)13/h4-10,17,21H,3H2,1-2H3. The van der Waals surface area contributed by atoms with Crippen LogP contribution >= 0.6 is 23.1 Å². The Morgan fingerprint density at radius 2 is 1.96 bits per heavy atom. The van der Waals surface area contributed by atoms with E-state index in [2.05, 4.69) is 10.2 Å². The van der Waals surface area contributed by atoms with Crippen molar-refractivity contribution in [1.82, 2.24) is 10.2 Å². The number of hydrogen-bond acceptors (Lipinski definition) is 7. The molecule has 5 nitrogen and oxygen atoms in total. The first kappa shape index (κ1) is 17.9. The van der Waals surface area contributed by atoms with Gasteiger partial charge in [-0.1, -0.05) is 49.0 Å². The second-order valence-electron chi connectivity index (χ2n) is 6.06. The van der Waals surface area contributed by atoms with Crippen molar-refractivity contribution in [3.8, 4) is 5.75 Å². The molecule has 0 spiro atoms. The minimum Gasteiger partial charge on any atom is -0.496 e. The predicted molar refractivity (Wildman–Crippen MR) is 111 cm³/mol. The monoisotopic (exact) mass is 395 g/mol. The Morgan fingerprint density at radius 1 is 1.19 bits per heavy atom. The predicted octanol–water partition coefficient (Wildman–Crippen LogP) is 4.68. The van der Waals surface area contributed by atoms with E-state index in [4.69, 9.17) is 10.1 Å². The largest absolute Gasteiger partial charge is 0.496 e. The maximum absolute atomic E-state index is 13.0. The van der Waals surface area contributed by atoms with Crippen LogP contribution in [0.3, 0.4) is 0 Å². The molecule has 4 rings (SSSR count). The molecule has 1 aliphatic heterocycles. The van der Waals surface area contributed by atoms with Gasteiger partial charge in [0.15, 0.2) is 5.78 Å². The minimum atomic E-state index is -0.622. The molecule has 0 aliphatic carbocycles. The summed E-state index contributed by atoms with van der Waals surface area (Å²) in [6.07, 6.45) is 2.64. The highest BCUT2D eigenvalue weighted by atomic mass is 32.2. The lowest BCUT2D eigenvalue weighted by atomic mass is 10.0. The van der Waals surface area contributed by atoms with Gasteiger partial charge in [0.2, 0.25) is 0 Å². The normalized spacial score (nSPS) is 18.6. The summed E-state index contributed by atoms with van der Waals surface area (Å²) in [7, 11) is 1.65. The number of nitrogens with zero attached hydrogens (tertiary/aromatic N) is 2. The first-order chi connectivity index (χ1) is 13.1. The molecule has 1 unspecified atom stereocenters. The van der Waals surface area contributed by atoms with Crippen LogP contribution in [0, 0.1) is 5.41 Å². The summed E-state index contributed by atoms with van der Waals surface area (Å²) in [5.41, 5.74) is 0.933. The molecule has 2 aromatic carbocycles. The van der Waals surface area contributed by atoms with Crippen molar-refractivity contribution in [1.29, 1.82) is 5.41 Å². The number of carbonyl (C=O) groups is 1. The molecule has 136 valence electrons. The van der Waals surface area contributed by atoms with Crippen molar-refractivity contribution in [2.75, 3.05) is 7.11 Å². The molecular weight excluding hydrogens is 378 g/mol. The van der Waals surface area contributed by atoms with Crippen molar-refractivity contribution in [2.24, 2.45) is 0 Å². The second-order valence-corrected chi connectivity index (χ2v) is 8.24. The molecule has 1 aliphatic rings. The van der Waals surface area contributed by atoms with E-state index in [1.54, 1.807) is 7.11 Å². The van der Waals surface area contributed by atoms with Crippen LogP contribution in [-0.4, -0.2) is 28.1 Å².